The molecule has 1 aromatic carbocycles. The van der Waals surface area contributed by atoms with Crippen LogP contribution < -0.4 is 15.5 Å². The molecule has 2 aliphatic rings. The third kappa shape index (κ3) is 7.13. The maximum Gasteiger partial charge on any atom is 0.153 e. The Morgan fingerprint density at radius 3 is 2.73 bits per heavy atom. The highest BCUT2D eigenvalue weighted by molar-refractivity contribution is 6.04. The summed E-state index contributed by atoms with van der Waals surface area (Å²) >= 11 is 0. The van der Waals surface area contributed by atoms with Gasteiger partial charge in [-0.3, -0.25) is 5.10 Å². The highest BCUT2D eigenvalue weighted by atomic mass is 15.2. The molecule has 0 bridgehead atoms. The van der Waals surface area contributed by atoms with Gasteiger partial charge in [0.2, 0.25) is 0 Å². The van der Waals surface area contributed by atoms with E-state index in [-0.39, 0.29) is 0 Å². The summed E-state index contributed by atoms with van der Waals surface area (Å²) in [5.41, 5.74) is 7.69. The molecule has 1 unspecified atom stereocenters. The molecule has 0 spiro atoms. The van der Waals surface area contributed by atoms with Gasteiger partial charge in [0.25, 0.3) is 0 Å². The second-order valence-electron chi connectivity index (χ2n) is 10.9. The minimum absolute atomic E-state index is 0.524. The second kappa shape index (κ2) is 12.6. The molecule has 1 saturated heterocycles. The molecule has 6 nitrogen and oxygen atoms in total. The lowest BCUT2D eigenvalue weighted by molar-refractivity contribution is 0.447. The number of rotatable bonds is 10. The standard InChI is InChI=1S/C31H46N6/c1-7-21(4)16-30(33-19-23(6)22(5)8-2)34-31-18-29(35-36-31)27-13-12-26(17-28(27)24-10-11-24)37-15-14-32-25(9-3)20-37/h12-13,16-19,22,24-25,32H,7-11,14-15,20H2,1-6H3,(H2,33,34,35,36)/b21-16+,23-19+/t22?,25-/m1/s1. The Labute approximate surface area is 223 Å². The molecule has 2 atom stereocenters. The van der Waals surface area contributed by atoms with Crippen molar-refractivity contribution in [3.63, 3.8) is 0 Å². The zero-order valence-electron chi connectivity index (χ0n) is 23.7. The molecule has 1 saturated carbocycles. The Bertz CT molecular complexity index is 1140. The molecule has 1 aliphatic carbocycles. The van der Waals surface area contributed by atoms with Crippen LogP contribution in [0.4, 0.5) is 11.5 Å². The number of piperazine rings is 1. The monoisotopic (exact) mass is 502 g/mol. The summed E-state index contributed by atoms with van der Waals surface area (Å²) in [5.74, 6) is 2.79. The van der Waals surface area contributed by atoms with E-state index in [0.29, 0.717) is 17.9 Å². The van der Waals surface area contributed by atoms with Gasteiger partial charge in [0.1, 0.15) is 5.84 Å². The Morgan fingerprint density at radius 1 is 1.22 bits per heavy atom. The van der Waals surface area contributed by atoms with Gasteiger partial charge in [-0.15, -0.1) is 0 Å². The van der Waals surface area contributed by atoms with Gasteiger partial charge in [-0.2, -0.15) is 5.10 Å². The largest absolute Gasteiger partial charge is 0.369 e. The van der Waals surface area contributed by atoms with Crippen LogP contribution in [-0.2, 0) is 0 Å². The number of anilines is 2. The third-order valence-corrected chi connectivity index (χ3v) is 8.03. The van der Waals surface area contributed by atoms with Gasteiger partial charge in [-0.25, -0.2) is 4.99 Å². The molecule has 200 valence electrons. The summed E-state index contributed by atoms with van der Waals surface area (Å²) < 4.78 is 0. The minimum Gasteiger partial charge on any atom is -0.369 e. The van der Waals surface area contributed by atoms with Crippen molar-refractivity contribution in [2.45, 2.75) is 85.6 Å². The molecule has 0 amide bonds. The van der Waals surface area contributed by atoms with Crippen LogP contribution in [0.25, 0.3) is 11.3 Å². The van der Waals surface area contributed by atoms with Gasteiger partial charge in [0.05, 0.1) is 5.69 Å². The summed E-state index contributed by atoms with van der Waals surface area (Å²) in [5, 5.41) is 15.0. The summed E-state index contributed by atoms with van der Waals surface area (Å²) in [6, 6.07) is 9.70. The zero-order valence-corrected chi connectivity index (χ0v) is 23.7. The quantitative estimate of drug-likeness (QED) is 0.236. The molecule has 1 aliphatic heterocycles. The van der Waals surface area contributed by atoms with Crippen LogP contribution in [-0.4, -0.2) is 41.7 Å². The van der Waals surface area contributed by atoms with Crippen molar-refractivity contribution < 1.29 is 0 Å². The van der Waals surface area contributed by atoms with Gasteiger partial charge in [-0.05, 0) is 81.6 Å². The first-order valence-corrected chi connectivity index (χ1v) is 14.3. The average molecular weight is 503 g/mol. The smallest absolute Gasteiger partial charge is 0.153 e. The van der Waals surface area contributed by atoms with Crippen molar-refractivity contribution in [1.82, 2.24) is 15.5 Å². The summed E-state index contributed by atoms with van der Waals surface area (Å²) in [6.45, 7) is 16.4. The Kier molecular flexibility index (Phi) is 9.25. The highest BCUT2D eigenvalue weighted by Gasteiger charge is 2.28. The van der Waals surface area contributed by atoms with Gasteiger partial charge in [-0.1, -0.05) is 44.9 Å². The molecule has 0 radical (unpaired) electrons. The van der Waals surface area contributed by atoms with E-state index in [1.54, 1.807) is 0 Å². The number of aromatic amines is 1. The first-order chi connectivity index (χ1) is 17.9. The van der Waals surface area contributed by atoms with E-state index < -0.39 is 0 Å². The summed E-state index contributed by atoms with van der Waals surface area (Å²) in [4.78, 5) is 7.33. The summed E-state index contributed by atoms with van der Waals surface area (Å²) in [7, 11) is 0. The van der Waals surface area contributed by atoms with Gasteiger partial charge in [0, 0.05) is 49.2 Å². The van der Waals surface area contributed by atoms with Crippen molar-refractivity contribution in [2.24, 2.45) is 10.9 Å². The lowest BCUT2D eigenvalue weighted by atomic mass is 9.99. The van der Waals surface area contributed by atoms with E-state index in [4.69, 9.17) is 4.99 Å². The van der Waals surface area contributed by atoms with Crippen LogP contribution in [0, 0.1) is 5.92 Å². The van der Waals surface area contributed by atoms with E-state index in [1.165, 1.54) is 47.2 Å². The van der Waals surface area contributed by atoms with Crippen LogP contribution in [0.15, 0.2) is 52.7 Å². The number of hydrogen-bond acceptors (Lipinski definition) is 4. The fourth-order valence-electron chi connectivity index (χ4n) is 4.77. The predicted molar refractivity (Wildman–Crippen MR) is 159 cm³/mol. The fraction of sp³-hybridized carbons (Fsp3) is 0.548. The van der Waals surface area contributed by atoms with Crippen molar-refractivity contribution in [2.75, 3.05) is 29.9 Å². The molecule has 4 rings (SSSR count). The number of hydrogen-bond donors (Lipinski definition) is 3. The van der Waals surface area contributed by atoms with Gasteiger partial charge in [0.15, 0.2) is 5.82 Å². The Morgan fingerprint density at radius 2 is 2.03 bits per heavy atom. The number of aliphatic imine (C=N–C) groups is 1. The van der Waals surface area contributed by atoms with Crippen LogP contribution in [0.1, 0.15) is 85.1 Å². The normalized spacial score (nSPS) is 20.3. The fourth-order valence-corrected chi connectivity index (χ4v) is 4.77. The second-order valence-corrected chi connectivity index (χ2v) is 10.9. The van der Waals surface area contributed by atoms with Crippen molar-refractivity contribution >= 4 is 17.3 Å². The number of nitrogens with one attached hydrogen (secondary N) is 3. The first kappa shape index (κ1) is 27.2. The molecule has 6 heteroatoms. The number of allylic oxidation sites excluding steroid dienone is 2. The maximum atomic E-state index is 4.79. The maximum absolute atomic E-state index is 4.79. The van der Waals surface area contributed by atoms with Crippen LogP contribution in [0.5, 0.6) is 0 Å². The average Bonchev–Trinajstić information content (AvgIpc) is 3.68. The van der Waals surface area contributed by atoms with Crippen LogP contribution in [0.2, 0.25) is 0 Å². The number of H-pyrrole nitrogens is 1. The zero-order chi connectivity index (χ0) is 26.4. The van der Waals surface area contributed by atoms with Crippen molar-refractivity contribution in [1.29, 1.82) is 0 Å². The predicted octanol–water partition coefficient (Wildman–Crippen LogP) is 7.26. The van der Waals surface area contributed by atoms with Crippen LogP contribution >= 0.6 is 0 Å². The number of benzene rings is 1. The van der Waals surface area contributed by atoms with E-state index in [2.05, 4.69) is 97.6 Å². The van der Waals surface area contributed by atoms with Crippen molar-refractivity contribution in [3.05, 3.63) is 53.3 Å². The lowest BCUT2D eigenvalue weighted by Gasteiger charge is -2.35. The highest BCUT2D eigenvalue weighted by Crippen LogP contribution is 2.45. The molecule has 37 heavy (non-hydrogen) atoms. The number of nitrogens with zero attached hydrogens (tertiary/aromatic N) is 3. The molecular weight excluding hydrogens is 456 g/mol. The van der Waals surface area contributed by atoms with E-state index in [9.17, 15) is 0 Å². The SMILES string of the molecule is CC/C(C)=C/C(=N\C=C(/C)C(C)CC)Nc1cc(-c2ccc(N3CCN[C@H](CC)C3)cc2C2CC2)[nH]n1. The number of aromatic nitrogens is 2. The topological polar surface area (TPSA) is 68.3 Å². The molecule has 2 aromatic rings. The molecule has 2 heterocycles. The van der Waals surface area contributed by atoms with E-state index in [0.717, 1.165) is 49.8 Å². The third-order valence-electron chi connectivity index (χ3n) is 8.03. The Hall–Kier alpha value is -2.86. The van der Waals surface area contributed by atoms with E-state index >= 15 is 0 Å². The molecule has 2 fully saturated rings. The van der Waals surface area contributed by atoms with Gasteiger partial charge < -0.3 is 15.5 Å². The van der Waals surface area contributed by atoms with Crippen molar-refractivity contribution in [3.8, 4) is 11.3 Å². The molecular formula is C31H46N6. The number of amidine groups is 1. The summed E-state index contributed by atoms with van der Waals surface area (Å²) in [6.07, 6.45) is 9.93. The first-order valence-electron chi connectivity index (χ1n) is 14.3. The Balaban J connectivity index is 1.57. The molecule has 3 N–H and O–H groups in total. The lowest BCUT2D eigenvalue weighted by Crippen LogP contribution is -2.50. The van der Waals surface area contributed by atoms with Gasteiger partial charge >= 0.3 is 0 Å². The minimum atomic E-state index is 0.524. The van der Waals surface area contributed by atoms with E-state index in [1.807, 2.05) is 6.20 Å². The van der Waals surface area contributed by atoms with Crippen LogP contribution in [0.3, 0.4) is 0 Å². The molecule has 1 aromatic heterocycles.